The molecular weight excluding hydrogens is 371 g/mol. The number of rotatable bonds is 6. The van der Waals surface area contributed by atoms with Gasteiger partial charge in [0.15, 0.2) is 9.84 Å². The molecule has 0 bridgehead atoms. The average molecular weight is 389 g/mol. The third-order valence-corrected chi connectivity index (χ3v) is 6.61. The van der Waals surface area contributed by atoms with Gasteiger partial charge in [-0.25, -0.2) is 8.42 Å². The third kappa shape index (κ3) is 4.07. The number of nitrogens with zero attached hydrogens (tertiary/aromatic N) is 1. The van der Waals surface area contributed by atoms with Crippen LogP contribution in [0.15, 0.2) is 29.2 Å². The first-order valence-corrected chi connectivity index (χ1v) is 9.63. The van der Waals surface area contributed by atoms with Crippen LogP contribution in [0, 0.1) is 17.2 Å². The normalized spacial score (nSPS) is 23.6. The summed E-state index contributed by atoms with van der Waals surface area (Å²) in [6, 6.07) is 5.44. The molecule has 0 N–H and O–H groups in total. The predicted molar refractivity (Wildman–Crippen MR) is 85.8 cm³/mol. The molecule has 0 amide bonds. The van der Waals surface area contributed by atoms with Gasteiger partial charge in [-0.15, -0.1) is 0 Å². The van der Waals surface area contributed by atoms with Crippen LogP contribution >= 0.6 is 0 Å². The highest BCUT2D eigenvalue weighted by molar-refractivity contribution is 7.92. The zero-order valence-electron chi connectivity index (χ0n) is 14.0. The van der Waals surface area contributed by atoms with Gasteiger partial charge in [0.1, 0.15) is 6.07 Å². The van der Waals surface area contributed by atoms with Crippen molar-refractivity contribution in [2.75, 3.05) is 6.61 Å². The lowest BCUT2D eigenvalue weighted by Crippen LogP contribution is -2.25. The first kappa shape index (κ1) is 20.4. The molecule has 0 heterocycles. The van der Waals surface area contributed by atoms with Gasteiger partial charge in [-0.05, 0) is 31.4 Å². The molecule has 5 nitrogen and oxygen atoms in total. The van der Waals surface area contributed by atoms with Crippen LogP contribution in [0.4, 0.5) is 13.2 Å². The van der Waals surface area contributed by atoms with E-state index >= 15 is 0 Å². The monoisotopic (exact) mass is 389 g/mol. The topological polar surface area (TPSA) is 84.2 Å². The minimum Gasteiger partial charge on any atom is -0.377 e. The molecule has 2 rings (SSSR count). The largest absolute Gasteiger partial charge is 0.417 e. The molecule has 1 aliphatic carbocycles. The van der Waals surface area contributed by atoms with Crippen molar-refractivity contribution in [2.45, 2.75) is 48.6 Å². The van der Waals surface area contributed by atoms with Crippen LogP contribution < -0.4 is 0 Å². The summed E-state index contributed by atoms with van der Waals surface area (Å²) < 4.78 is 70.7. The van der Waals surface area contributed by atoms with Crippen LogP contribution in [0.25, 0.3) is 0 Å². The summed E-state index contributed by atoms with van der Waals surface area (Å²) in [7, 11) is -4.35. The zero-order chi connectivity index (χ0) is 19.5. The molecular formula is C17H18F3NO4S. The maximum absolute atomic E-state index is 13.2. The van der Waals surface area contributed by atoms with Crippen LogP contribution in [-0.2, 0) is 25.5 Å². The molecule has 1 aliphatic rings. The standard InChI is InChI=1S/C17H18F3NO4S/c1-2-7-25-15-9-11(8-12(15)14(22)10-21)26(23,24)16-6-4-3-5-13(16)17(18,19)20/h3-6,11-12,15H,2,7-9H2,1H3/t11-,12+,15-/m0/s1. The molecule has 26 heavy (non-hydrogen) atoms. The molecule has 1 aromatic carbocycles. The molecule has 9 heteroatoms. The number of ether oxygens (including phenoxy) is 1. The molecule has 0 unspecified atom stereocenters. The van der Waals surface area contributed by atoms with E-state index in [4.69, 9.17) is 10.00 Å². The Hall–Kier alpha value is -1.92. The summed E-state index contributed by atoms with van der Waals surface area (Å²) in [5.74, 6) is -1.77. The van der Waals surface area contributed by atoms with E-state index < -0.39 is 49.5 Å². The van der Waals surface area contributed by atoms with Crippen molar-refractivity contribution in [3.8, 4) is 6.07 Å². The molecule has 0 saturated heterocycles. The van der Waals surface area contributed by atoms with Crippen molar-refractivity contribution < 1.29 is 31.1 Å². The van der Waals surface area contributed by atoms with E-state index in [1.165, 1.54) is 12.1 Å². The fourth-order valence-electron chi connectivity index (χ4n) is 3.15. The number of hydrogen-bond donors (Lipinski definition) is 0. The van der Waals surface area contributed by atoms with E-state index in [2.05, 4.69) is 0 Å². The van der Waals surface area contributed by atoms with Crippen LogP contribution in [0.1, 0.15) is 31.7 Å². The molecule has 3 atom stereocenters. The summed E-state index contributed by atoms with van der Waals surface area (Å²) in [6.07, 6.45) is -5.33. The summed E-state index contributed by atoms with van der Waals surface area (Å²) in [6.45, 7) is 2.09. The van der Waals surface area contributed by atoms with Crippen molar-refractivity contribution in [1.82, 2.24) is 0 Å². The lowest BCUT2D eigenvalue weighted by Gasteiger charge is -2.17. The van der Waals surface area contributed by atoms with Crippen molar-refractivity contribution in [3.63, 3.8) is 0 Å². The Morgan fingerprint density at radius 1 is 1.31 bits per heavy atom. The number of nitriles is 1. The second-order valence-electron chi connectivity index (χ2n) is 6.12. The Balaban J connectivity index is 2.39. The van der Waals surface area contributed by atoms with Crippen molar-refractivity contribution >= 4 is 15.6 Å². The maximum Gasteiger partial charge on any atom is 0.417 e. The van der Waals surface area contributed by atoms with E-state index in [0.717, 1.165) is 12.1 Å². The highest BCUT2D eigenvalue weighted by Gasteiger charge is 2.47. The van der Waals surface area contributed by atoms with Crippen molar-refractivity contribution in [2.24, 2.45) is 5.92 Å². The molecule has 0 spiro atoms. The van der Waals surface area contributed by atoms with E-state index in [9.17, 15) is 26.4 Å². The molecule has 1 fully saturated rings. The molecule has 1 aromatic rings. The number of sulfone groups is 1. The lowest BCUT2D eigenvalue weighted by atomic mass is 10.0. The predicted octanol–water partition coefficient (Wildman–Crippen LogP) is 3.15. The van der Waals surface area contributed by atoms with E-state index in [1.54, 1.807) is 0 Å². The maximum atomic E-state index is 13.2. The fourth-order valence-corrected chi connectivity index (χ4v) is 5.17. The summed E-state index contributed by atoms with van der Waals surface area (Å²) >= 11 is 0. The van der Waals surface area contributed by atoms with Crippen LogP contribution in [0.2, 0.25) is 0 Å². The molecule has 0 radical (unpaired) electrons. The average Bonchev–Trinajstić information content (AvgIpc) is 3.03. The Kier molecular flexibility index (Phi) is 6.09. The number of carbonyl (C=O) groups excluding carboxylic acids is 1. The van der Waals surface area contributed by atoms with Gasteiger partial charge in [-0.2, -0.15) is 18.4 Å². The first-order chi connectivity index (χ1) is 12.1. The highest BCUT2D eigenvalue weighted by atomic mass is 32.2. The number of benzene rings is 1. The summed E-state index contributed by atoms with van der Waals surface area (Å²) in [5, 5.41) is 7.63. The molecule has 142 valence electrons. The minimum atomic E-state index is -4.82. The van der Waals surface area contributed by atoms with Gasteiger partial charge in [-0.1, -0.05) is 19.1 Å². The number of alkyl halides is 3. The Labute approximate surface area is 149 Å². The Morgan fingerprint density at radius 2 is 1.96 bits per heavy atom. The summed E-state index contributed by atoms with van der Waals surface area (Å²) in [4.78, 5) is 11.0. The fraction of sp³-hybridized carbons (Fsp3) is 0.529. The summed E-state index contributed by atoms with van der Waals surface area (Å²) in [5.41, 5.74) is -1.24. The second-order valence-corrected chi connectivity index (χ2v) is 8.32. The van der Waals surface area contributed by atoms with Crippen LogP contribution in [-0.4, -0.2) is 32.2 Å². The van der Waals surface area contributed by atoms with Gasteiger partial charge < -0.3 is 4.74 Å². The molecule has 0 aromatic heterocycles. The smallest absolute Gasteiger partial charge is 0.377 e. The quantitative estimate of drug-likeness (QED) is 0.698. The molecule has 1 saturated carbocycles. The number of hydrogen-bond acceptors (Lipinski definition) is 5. The minimum absolute atomic E-state index is 0.118. The van der Waals surface area contributed by atoms with Gasteiger partial charge in [-0.3, -0.25) is 4.79 Å². The number of ketones is 1. The van der Waals surface area contributed by atoms with Crippen LogP contribution in [0.3, 0.4) is 0 Å². The highest BCUT2D eigenvalue weighted by Crippen LogP contribution is 2.40. The van der Waals surface area contributed by atoms with Crippen molar-refractivity contribution in [1.29, 1.82) is 5.26 Å². The SMILES string of the molecule is CCCO[C@H]1C[C@@H](S(=O)(=O)c2ccccc2C(F)(F)F)C[C@@H]1C(=O)C#N. The van der Waals surface area contributed by atoms with Gasteiger partial charge in [0, 0.05) is 6.61 Å². The zero-order valence-corrected chi connectivity index (χ0v) is 14.8. The third-order valence-electron chi connectivity index (χ3n) is 4.38. The Morgan fingerprint density at radius 3 is 2.54 bits per heavy atom. The number of carbonyl (C=O) groups is 1. The van der Waals surface area contributed by atoms with Gasteiger partial charge >= 0.3 is 6.18 Å². The van der Waals surface area contributed by atoms with E-state index in [-0.39, 0.29) is 19.4 Å². The number of halogens is 3. The van der Waals surface area contributed by atoms with E-state index in [0.29, 0.717) is 12.5 Å². The lowest BCUT2D eigenvalue weighted by molar-refractivity contribution is -0.139. The van der Waals surface area contributed by atoms with Crippen molar-refractivity contribution in [3.05, 3.63) is 29.8 Å². The Bertz CT molecular complexity index is 814. The van der Waals surface area contributed by atoms with Crippen LogP contribution in [0.5, 0.6) is 0 Å². The first-order valence-electron chi connectivity index (χ1n) is 8.08. The number of Topliss-reactive ketones (excluding diaryl/α,β-unsaturated/α-hetero) is 1. The van der Waals surface area contributed by atoms with Gasteiger partial charge in [0.05, 0.1) is 27.7 Å². The van der Waals surface area contributed by atoms with Gasteiger partial charge in [0.2, 0.25) is 5.78 Å². The van der Waals surface area contributed by atoms with Gasteiger partial charge in [0.25, 0.3) is 0 Å². The molecule has 0 aliphatic heterocycles. The van der Waals surface area contributed by atoms with E-state index in [1.807, 2.05) is 6.92 Å². The second kappa shape index (κ2) is 7.76.